The first-order chi connectivity index (χ1) is 8.04. The lowest BCUT2D eigenvalue weighted by atomic mass is 9.93. The van der Waals surface area contributed by atoms with Crippen molar-refractivity contribution in [2.75, 3.05) is 26.2 Å². The molecule has 3 atom stereocenters. The molecule has 0 aromatic carbocycles. The molecule has 0 spiro atoms. The van der Waals surface area contributed by atoms with Gasteiger partial charge in [0.2, 0.25) is 5.91 Å². The van der Waals surface area contributed by atoms with Gasteiger partial charge in [-0.3, -0.25) is 4.79 Å². The molecule has 3 unspecified atom stereocenters. The molecule has 1 amide bonds. The lowest BCUT2D eigenvalue weighted by Gasteiger charge is -2.38. The van der Waals surface area contributed by atoms with Crippen LogP contribution in [0.2, 0.25) is 0 Å². The number of hydrogen-bond donors (Lipinski definition) is 2. The Morgan fingerprint density at radius 2 is 2.29 bits per heavy atom. The maximum absolute atomic E-state index is 11.0. The minimum absolute atomic E-state index is 0.0395. The highest BCUT2D eigenvalue weighted by Crippen LogP contribution is 2.17. The van der Waals surface area contributed by atoms with Crippen LogP contribution in [-0.2, 0) is 4.79 Å². The van der Waals surface area contributed by atoms with E-state index < -0.39 is 0 Å². The molecule has 1 saturated heterocycles. The molecule has 3 N–H and O–H groups in total. The predicted octanol–water partition coefficient (Wildman–Crippen LogP) is 0.818. The van der Waals surface area contributed by atoms with E-state index in [1.807, 2.05) is 6.92 Å². The van der Waals surface area contributed by atoms with E-state index in [-0.39, 0.29) is 11.8 Å². The maximum atomic E-state index is 11.0. The average molecular weight is 241 g/mol. The molecule has 100 valence electrons. The SMILES string of the molecule is CCCNC1CCN(CC(C)C(N)=O)CC1C. The van der Waals surface area contributed by atoms with Crippen molar-refractivity contribution in [3.8, 4) is 0 Å². The van der Waals surface area contributed by atoms with E-state index >= 15 is 0 Å². The van der Waals surface area contributed by atoms with Gasteiger partial charge in [0.1, 0.15) is 0 Å². The van der Waals surface area contributed by atoms with Gasteiger partial charge in [0, 0.05) is 25.0 Å². The average Bonchev–Trinajstić information content (AvgIpc) is 2.28. The fourth-order valence-electron chi connectivity index (χ4n) is 2.51. The number of piperidine rings is 1. The zero-order valence-electron chi connectivity index (χ0n) is 11.4. The number of primary amides is 1. The summed E-state index contributed by atoms with van der Waals surface area (Å²) in [7, 11) is 0. The summed E-state index contributed by atoms with van der Waals surface area (Å²) in [6, 6.07) is 0.634. The van der Waals surface area contributed by atoms with Crippen LogP contribution in [0.4, 0.5) is 0 Å². The molecule has 1 heterocycles. The van der Waals surface area contributed by atoms with E-state index in [2.05, 4.69) is 24.1 Å². The molecule has 0 aromatic rings. The van der Waals surface area contributed by atoms with Gasteiger partial charge < -0.3 is 16.0 Å². The number of amides is 1. The lowest BCUT2D eigenvalue weighted by Crippen LogP contribution is -2.50. The van der Waals surface area contributed by atoms with Crippen LogP contribution < -0.4 is 11.1 Å². The van der Waals surface area contributed by atoms with Crippen molar-refractivity contribution in [2.24, 2.45) is 17.6 Å². The van der Waals surface area contributed by atoms with E-state index in [0.717, 1.165) is 26.2 Å². The zero-order valence-corrected chi connectivity index (χ0v) is 11.4. The number of likely N-dealkylation sites (tertiary alicyclic amines) is 1. The largest absolute Gasteiger partial charge is 0.369 e. The molecule has 1 fully saturated rings. The van der Waals surface area contributed by atoms with Crippen molar-refractivity contribution < 1.29 is 4.79 Å². The smallest absolute Gasteiger partial charge is 0.221 e. The standard InChI is InChI=1S/C13H27N3O/c1-4-6-15-12-5-7-16(8-10(12)2)9-11(3)13(14)17/h10-12,15H,4-9H2,1-3H3,(H2,14,17). The molecular weight excluding hydrogens is 214 g/mol. The quantitative estimate of drug-likeness (QED) is 0.724. The van der Waals surface area contributed by atoms with Gasteiger partial charge in [-0.15, -0.1) is 0 Å². The Kier molecular flexibility index (Phi) is 5.92. The van der Waals surface area contributed by atoms with Gasteiger partial charge in [0.15, 0.2) is 0 Å². The van der Waals surface area contributed by atoms with Crippen LogP contribution in [0.5, 0.6) is 0 Å². The second-order valence-corrected chi connectivity index (χ2v) is 5.39. The number of carbonyl (C=O) groups is 1. The first-order valence-corrected chi connectivity index (χ1v) is 6.79. The van der Waals surface area contributed by atoms with Gasteiger partial charge in [0.25, 0.3) is 0 Å². The summed E-state index contributed by atoms with van der Waals surface area (Å²) in [5, 5.41) is 3.60. The Morgan fingerprint density at radius 3 is 2.82 bits per heavy atom. The summed E-state index contributed by atoms with van der Waals surface area (Å²) >= 11 is 0. The fourth-order valence-corrected chi connectivity index (χ4v) is 2.51. The molecule has 0 aromatic heterocycles. The Morgan fingerprint density at radius 1 is 1.59 bits per heavy atom. The molecule has 1 aliphatic heterocycles. The van der Waals surface area contributed by atoms with Crippen LogP contribution in [0.15, 0.2) is 0 Å². The number of hydrogen-bond acceptors (Lipinski definition) is 3. The van der Waals surface area contributed by atoms with Gasteiger partial charge >= 0.3 is 0 Å². The van der Waals surface area contributed by atoms with Gasteiger partial charge in [-0.05, 0) is 31.8 Å². The maximum Gasteiger partial charge on any atom is 0.221 e. The van der Waals surface area contributed by atoms with Gasteiger partial charge in [-0.2, -0.15) is 0 Å². The molecule has 4 heteroatoms. The Hall–Kier alpha value is -0.610. The predicted molar refractivity (Wildman–Crippen MR) is 70.7 cm³/mol. The highest BCUT2D eigenvalue weighted by molar-refractivity contribution is 5.76. The molecular formula is C13H27N3O. The molecule has 17 heavy (non-hydrogen) atoms. The van der Waals surface area contributed by atoms with Crippen molar-refractivity contribution >= 4 is 5.91 Å². The van der Waals surface area contributed by atoms with E-state index in [1.54, 1.807) is 0 Å². The van der Waals surface area contributed by atoms with Crippen LogP contribution in [0.25, 0.3) is 0 Å². The Labute approximate surface area is 105 Å². The summed E-state index contributed by atoms with van der Waals surface area (Å²) < 4.78 is 0. The number of carbonyl (C=O) groups excluding carboxylic acids is 1. The minimum atomic E-state index is -0.191. The second-order valence-electron chi connectivity index (χ2n) is 5.39. The van der Waals surface area contributed by atoms with Crippen LogP contribution in [-0.4, -0.2) is 43.0 Å². The van der Waals surface area contributed by atoms with Crippen molar-refractivity contribution in [1.29, 1.82) is 0 Å². The molecule has 1 aliphatic rings. The molecule has 0 aliphatic carbocycles. The summed E-state index contributed by atoms with van der Waals surface area (Å²) in [4.78, 5) is 13.4. The van der Waals surface area contributed by atoms with Gasteiger partial charge in [-0.1, -0.05) is 20.8 Å². The van der Waals surface area contributed by atoms with E-state index in [0.29, 0.717) is 12.0 Å². The monoisotopic (exact) mass is 241 g/mol. The van der Waals surface area contributed by atoms with Crippen molar-refractivity contribution in [3.63, 3.8) is 0 Å². The third-order valence-electron chi connectivity index (χ3n) is 3.66. The van der Waals surface area contributed by atoms with Crippen LogP contribution in [0.3, 0.4) is 0 Å². The Bertz CT molecular complexity index is 245. The lowest BCUT2D eigenvalue weighted by molar-refractivity contribution is -0.122. The van der Waals surface area contributed by atoms with E-state index in [1.165, 1.54) is 12.8 Å². The molecule has 0 bridgehead atoms. The number of rotatable bonds is 6. The van der Waals surface area contributed by atoms with Gasteiger partial charge in [0.05, 0.1) is 0 Å². The van der Waals surface area contributed by atoms with Crippen LogP contribution in [0.1, 0.15) is 33.6 Å². The summed E-state index contributed by atoms with van der Waals surface area (Å²) in [6.45, 7) is 10.4. The van der Waals surface area contributed by atoms with E-state index in [4.69, 9.17) is 5.73 Å². The Balaban J connectivity index is 2.33. The summed E-state index contributed by atoms with van der Waals surface area (Å²) in [6.07, 6.45) is 2.36. The number of nitrogens with two attached hydrogens (primary N) is 1. The molecule has 4 nitrogen and oxygen atoms in total. The number of nitrogens with zero attached hydrogens (tertiary/aromatic N) is 1. The van der Waals surface area contributed by atoms with Gasteiger partial charge in [-0.25, -0.2) is 0 Å². The highest BCUT2D eigenvalue weighted by Gasteiger charge is 2.26. The summed E-state index contributed by atoms with van der Waals surface area (Å²) in [5.74, 6) is 0.418. The first kappa shape index (κ1) is 14.5. The molecule has 0 radical (unpaired) electrons. The normalized spacial score (nSPS) is 27.9. The van der Waals surface area contributed by atoms with Crippen molar-refractivity contribution in [2.45, 2.75) is 39.7 Å². The second kappa shape index (κ2) is 6.97. The van der Waals surface area contributed by atoms with Crippen molar-refractivity contribution in [3.05, 3.63) is 0 Å². The molecule has 0 saturated carbocycles. The van der Waals surface area contributed by atoms with Crippen LogP contribution in [0, 0.1) is 11.8 Å². The highest BCUT2D eigenvalue weighted by atomic mass is 16.1. The third-order valence-corrected chi connectivity index (χ3v) is 3.66. The summed E-state index contributed by atoms with van der Waals surface area (Å²) in [5.41, 5.74) is 5.30. The first-order valence-electron chi connectivity index (χ1n) is 6.79. The third kappa shape index (κ3) is 4.64. The minimum Gasteiger partial charge on any atom is -0.369 e. The fraction of sp³-hybridized carbons (Fsp3) is 0.923. The van der Waals surface area contributed by atoms with Crippen molar-refractivity contribution in [1.82, 2.24) is 10.2 Å². The van der Waals surface area contributed by atoms with Crippen LogP contribution >= 0.6 is 0 Å². The zero-order chi connectivity index (χ0) is 12.8. The topological polar surface area (TPSA) is 58.4 Å². The van der Waals surface area contributed by atoms with E-state index in [9.17, 15) is 4.79 Å². The number of nitrogens with one attached hydrogen (secondary N) is 1. The molecule has 1 rings (SSSR count).